The molecule has 0 heterocycles. The summed E-state index contributed by atoms with van der Waals surface area (Å²) in [4.78, 5) is 35.3. The summed E-state index contributed by atoms with van der Waals surface area (Å²) in [5.41, 5.74) is 0. The monoisotopic (exact) mass is 773 g/mol. The molecule has 1 unspecified atom stereocenters. The SMILES string of the molecule is CCCCC/C=C/CCCCCCCC(=O)O[C@@H](COC(=O)CCCCCCCCC/C=C/CCCCCCCC)COP(=O)(O)OCC[N+](C)(C)C. The summed E-state index contributed by atoms with van der Waals surface area (Å²) in [6, 6.07) is 0. The molecule has 9 nitrogen and oxygen atoms in total. The molecule has 0 aromatic rings. The van der Waals surface area contributed by atoms with Crippen LogP contribution in [0.25, 0.3) is 0 Å². The van der Waals surface area contributed by atoms with Gasteiger partial charge in [0.2, 0.25) is 0 Å². The van der Waals surface area contributed by atoms with Gasteiger partial charge in [-0.2, -0.15) is 0 Å². The topological polar surface area (TPSA) is 108 Å². The molecule has 53 heavy (non-hydrogen) atoms. The number of phosphoric acid groups is 1. The van der Waals surface area contributed by atoms with Crippen molar-refractivity contribution in [2.45, 2.75) is 193 Å². The molecule has 0 radical (unpaired) electrons. The Labute approximate surface area is 326 Å². The Morgan fingerprint density at radius 1 is 0.566 bits per heavy atom. The summed E-state index contributed by atoms with van der Waals surface area (Å²) in [5, 5.41) is 0. The normalized spacial score (nSPS) is 13.8. The number of esters is 2. The molecule has 1 N–H and O–H groups in total. The van der Waals surface area contributed by atoms with E-state index < -0.39 is 26.5 Å². The second kappa shape index (κ2) is 36.1. The maximum atomic E-state index is 12.6. The first-order valence-corrected chi connectivity index (χ1v) is 23.1. The number of carbonyl (C=O) groups excluding carboxylic acids is 2. The highest BCUT2D eigenvalue weighted by molar-refractivity contribution is 7.47. The Morgan fingerprint density at radius 2 is 0.962 bits per heavy atom. The highest BCUT2D eigenvalue weighted by Gasteiger charge is 2.27. The maximum absolute atomic E-state index is 12.6. The van der Waals surface area contributed by atoms with Crippen molar-refractivity contribution in [3.8, 4) is 0 Å². The van der Waals surface area contributed by atoms with Crippen LogP contribution in [0, 0.1) is 0 Å². The Balaban J connectivity index is 4.35. The van der Waals surface area contributed by atoms with E-state index in [0.717, 1.165) is 51.4 Å². The van der Waals surface area contributed by atoms with E-state index in [9.17, 15) is 19.0 Å². The van der Waals surface area contributed by atoms with Crippen molar-refractivity contribution in [3.05, 3.63) is 24.3 Å². The lowest BCUT2D eigenvalue weighted by atomic mass is 10.1. The van der Waals surface area contributed by atoms with Gasteiger partial charge in [-0.05, 0) is 64.2 Å². The molecule has 0 amide bonds. The van der Waals surface area contributed by atoms with Crippen molar-refractivity contribution in [2.75, 3.05) is 47.5 Å². The minimum Gasteiger partial charge on any atom is -0.462 e. The lowest BCUT2D eigenvalue weighted by Crippen LogP contribution is -2.37. The number of carbonyl (C=O) groups is 2. The van der Waals surface area contributed by atoms with Crippen molar-refractivity contribution in [1.82, 2.24) is 0 Å². The molecule has 0 aromatic heterocycles. The van der Waals surface area contributed by atoms with Crippen molar-refractivity contribution in [3.63, 3.8) is 0 Å². The Bertz CT molecular complexity index is 964. The maximum Gasteiger partial charge on any atom is 0.472 e. The number of ether oxygens (including phenoxy) is 2. The fourth-order valence-corrected chi connectivity index (χ4v) is 6.51. The van der Waals surface area contributed by atoms with Crippen LogP contribution in [0.4, 0.5) is 0 Å². The zero-order chi connectivity index (χ0) is 39.3. The van der Waals surface area contributed by atoms with Crippen molar-refractivity contribution < 1.29 is 42.1 Å². The van der Waals surface area contributed by atoms with Crippen LogP contribution >= 0.6 is 7.82 Å². The number of hydrogen-bond donors (Lipinski definition) is 1. The molecule has 0 aliphatic rings. The predicted octanol–water partition coefficient (Wildman–Crippen LogP) is 12.0. The highest BCUT2D eigenvalue weighted by Crippen LogP contribution is 2.43. The molecule has 0 aliphatic heterocycles. The van der Waals surface area contributed by atoms with E-state index in [2.05, 4.69) is 38.2 Å². The standard InChI is InChI=1S/C43H82NO8P/c1-6-8-10-12-14-16-18-20-21-22-23-24-26-27-29-31-33-35-42(45)49-39-41(40-51-53(47,48)50-38-37-44(3,4)5)52-43(46)36-34-32-30-28-25-19-17-15-13-11-9-7-2/h15,17,20-21,41H,6-14,16,18-19,22-40H2,1-5H3/p+1/b17-15+,21-20+/t41-/m0/s1. The first-order valence-electron chi connectivity index (χ1n) is 21.6. The molecule has 0 bridgehead atoms. The van der Waals surface area contributed by atoms with Crippen LogP contribution in [0.3, 0.4) is 0 Å². The molecule has 0 aromatic carbocycles. The van der Waals surface area contributed by atoms with Crippen LogP contribution in [-0.4, -0.2) is 74.9 Å². The van der Waals surface area contributed by atoms with E-state index >= 15 is 0 Å². The summed E-state index contributed by atoms with van der Waals surface area (Å²) < 4.78 is 34.2. The Morgan fingerprint density at radius 3 is 1.43 bits per heavy atom. The first-order chi connectivity index (χ1) is 25.5. The molecule has 0 saturated heterocycles. The molecule has 10 heteroatoms. The van der Waals surface area contributed by atoms with Gasteiger partial charge in [-0.15, -0.1) is 0 Å². The zero-order valence-corrected chi connectivity index (χ0v) is 35.9. The number of phosphoric ester groups is 1. The molecular formula is C43H83NO8P+. The van der Waals surface area contributed by atoms with Gasteiger partial charge in [0.05, 0.1) is 27.7 Å². The van der Waals surface area contributed by atoms with Crippen molar-refractivity contribution in [1.29, 1.82) is 0 Å². The number of nitrogens with zero attached hydrogens (tertiary/aromatic N) is 1. The second-order valence-electron chi connectivity index (χ2n) is 15.7. The number of rotatable bonds is 39. The fourth-order valence-electron chi connectivity index (χ4n) is 5.77. The average Bonchev–Trinajstić information content (AvgIpc) is 3.10. The summed E-state index contributed by atoms with van der Waals surface area (Å²) in [7, 11) is 1.47. The first kappa shape index (κ1) is 51.5. The van der Waals surface area contributed by atoms with Gasteiger partial charge >= 0.3 is 19.8 Å². The van der Waals surface area contributed by atoms with Gasteiger partial charge in [0.1, 0.15) is 19.8 Å². The van der Waals surface area contributed by atoms with Crippen LogP contribution in [0.15, 0.2) is 24.3 Å². The van der Waals surface area contributed by atoms with E-state index in [1.54, 1.807) is 0 Å². The van der Waals surface area contributed by atoms with Gasteiger partial charge in [-0.1, -0.05) is 134 Å². The predicted molar refractivity (Wildman–Crippen MR) is 220 cm³/mol. The molecule has 0 aliphatic carbocycles. The molecular weight excluding hydrogens is 689 g/mol. The van der Waals surface area contributed by atoms with Gasteiger partial charge in [-0.3, -0.25) is 18.6 Å². The van der Waals surface area contributed by atoms with Gasteiger partial charge in [0, 0.05) is 12.8 Å². The molecule has 312 valence electrons. The largest absolute Gasteiger partial charge is 0.472 e. The lowest BCUT2D eigenvalue weighted by molar-refractivity contribution is -0.870. The number of quaternary nitrogens is 1. The van der Waals surface area contributed by atoms with E-state index in [1.165, 1.54) is 103 Å². The minimum atomic E-state index is -4.37. The second-order valence-corrected chi connectivity index (χ2v) is 17.2. The number of likely N-dealkylation sites (N-methyl/N-ethyl adjacent to an activating group) is 1. The van der Waals surface area contributed by atoms with Crippen molar-refractivity contribution >= 4 is 19.8 Å². The van der Waals surface area contributed by atoms with Crippen LogP contribution < -0.4 is 0 Å². The fraction of sp³-hybridized carbons (Fsp3) is 0.860. The van der Waals surface area contributed by atoms with E-state index in [1.807, 2.05) is 21.1 Å². The molecule has 0 spiro atoms. The smallest absolute Gasteiger partial charge is 0.462 e. The van der Waals surface area contributed by atoms with Crippen LogP contribution in [-0.2, 0) is 32.7 Å². The number of unbranched alkanes of at least 4 members (excludes halogenated alkanes) is 21. The summed E-state index contributed by atoms with van der Waals surface area (Å²) in [5.74, 6) is -0.812. The van der Waals surface area contributed by atoms with Crippen molar-refractivity contribution in [2.24, 2.45) is 0 Å². The minimum absolute atomic E-state index is 0.0304. The molecule has 2 atom stereocenters. The van der Waals surface area contributed by atoms with E-state index in [0.29, 0.717) is 17.4 Å². The molecule has 0 fully saturated rings. The zero-order valence-electron chi connectivity index (χ0n) is 35.0. The van der Waals surface area contributed by atoms with E-state index in [4.69, 9.17) is 18.5 Å². The highest BCUT2D eigenvalue weighted by atomic mass is 31.2. The third-order valence-corrected chi connectivity index (χ3v) is 10.2. The van der Waals surface area contributed by atoms with Gasteiger partial charge in [0.15, 0.2) is 6.10 Å². The number of allylic oxidation sites excluding steroid dienone is 4. The quantitative estimate of drug-likeness (QED) is 0.0216. The van der Waals surface area contributed by atoms with Crippen LogP contribution in [0.1, 0.15) is 187 Å². The van der Waals surface area contributed by atoms with Gasteiger partial charge in [-0.25, -0.2) is 4.57 Å². The lowest BCUT2D eigenvalue weighted by Gasteiger charge is -2.24. The van der Waals surface area contributed by atoms with E-state index in [-0.39, 0.29) is 32.0 Å². The van der Waals surface area contributed by atoms with Gasteiger partial charge < -0.3 is 18.9 Å². The van der Waals surface area contributed by atoms with Crippen LogP contribution in [0.5, 0.6) is 0 Å². The third-order valence-electron chi connectivity index (χ3n) is 9.20. The summed E-state index contributed by atoms with van der Waals surface area (Å²) in [6.07, 6.45) is 37.9. The third kappa shape index (κ3) is 40.0. The van der Waals surface area contributed by atoms with Crippen LogP contribution in [0.2, 0.25) is 0 Å². The Hall–Kier alpha value is -1.51. The average molecular weight is 773 g/mol. The number of hydrogen-bond acceptors (Lipinski definition) is 7. The summed E-state index contributed by atoms with van der Waals surface area (Å²) >= 11 is 0. The summed E-state index contributed by atoms with van der Waals surface area (Å²) in [6.45, 7) is 4.38. The van der Waals surface area contributed by atoms with Gasteiger partial charge in [0.25, 0.3) is 0 Å². The Kier molecular flexibility index (Phi) is 35.1. The molecule has 0 saturated carbocycles. The molecule has 0 rings (SSSR count).